The Balaban J connectivity index is 1.77. The van der Waals surface area contributed by atoms with Crippen LogP contribution in [0, 0.1) is 17.8 Å². The number of fused-ring (bicyclic) bond motifs is 3. The fraction of sp³-hybridized carbons (Fsp3) is 0.579. The van der Waals surface area contributed by atoms with E-state index in [1.54, 1.807) is 16.7 Å². The fourth-order valence-electron chi connectivity index (χ4n) is 5.02. The molecule has 0 N–H and O–H groups in total. The quantitative estimate of drug-likeness (QED) is 0.545. The van der Waals surface area contributed by atoms with Gasteiger partial charge in [0.05, 0.1) is 0 Å². The predicted octanol–water partition coefficient (Wildman–Crippen LogP) is 5.35. The molecule has 0 aliphatic heterocycles. The summed E-state index contributed by atoms with van der Waals surface area (Å²) >= 11 is 0. The molecule has 0 saturated heterocycles. The Kier molecular flexibility index (Phi) is 2.98. The first kappa shape index (κ1) is 11.8. The Morgan fingerprint density at radius 3 is 2.63 bits per heavy atom. The van der Waals surface area contributed by atoms with E-state index < -0.39 is 0 Å². The van der Waals surface area contributed by atoms with Gasteiger partial charge in [-0.25, -0.2) is 0 Å². The second-order valence-electron chi connectivity index (χ2n) is 6.71. The summed E-state index contributed by atoms with van der Waals surface area (Å²) in [6, 6.07) is 0. The first-order valence-corrected chi connectivity index (χ1v) is 8.23. The van der Waals surface area contributed by atoms with Crippen LogP contribution in [-0.4, -0.2) is 0 Å². The molecule has 3 atom stereocenters. The molecule has 4 aliphatic carbocycles. The fourth-order valence-corrected chi connectivity index (χ4v) is 5.02. The van der Waals surface area contributed by atoms with Gasteiger partial charge in [-0.2, -0.15) is 0 Å². The number of rotatable bonds is 0. The van der Waals surface area contributed by atoms with Crippen molar-refractivity contribution in [3.8, 4) is 0 Å². The van der Waals surface area contributed by atoms with Crippen molar-refractivity contribution in [3.63, 3.8) is 0 Å². The summed E-state index contributed by atoms with van der Waals surface area (Å²) in [5.74, 6) is 2.76. The molecule has 0 spiro atoms. The van der Waals surface area contributed by atoms with Gasteiger partial charge in [0.2, 0.25) is 0 Å². The van der Waals surface area contributed by atoms with Crippen LogP contribution in [0.25, 0.3) is 0 Å². The van der Waals surface area contributed by atoms with Gasteiger partial charge in [0.1, 0.15) is 0 Å². The summed E-state index contributed by atoms with van der Waals surface area (Å²) in [6.07, 6.45) is 23.1. The second-order valence-corrected chi connectivity index (χ2v) is 6.71. The molecule has 4 rings (SSSR count). The molecule has 0 nitrogen and oxygen atoms in total. The minimum absolute atomic E-state index is 0.881. The van der Waals surface area contributed by atoms with Crippen molar-refractivity contribution in [2.75, 3.05) is 0 Å². The van der Waals surface area contributed by atoms with E-state index in [0.717, 1.165) is 17.8 Å². The van der Waals surface area contributed by atoms with Gasteiger partial charge in [0, 0.05) is 0 Å². The summed E-state index contributed by atoms with van der Waals surface area (Å²) in [5, 5.41) is 0. The zero-order valence-corrected chi connectivity index (χ0v) is 11.8. The molecular formula is C19H24. The molecule has 0 aromatic rings. The topological polar surface area (TPSA) is 0 Å². The summed E-state index contributed by atoms with van der Waals surface area (Å²) in [6.45, 7) is 0. The molecule has 0 heterocycles. The van der Waals surface area contributed by atoms with E-state index in [2.05, 4.69) is 30.4 Å². The minimum Gasteiger partial charge on any atom is -0.0622 e. The van der Waals surface area contributed by atoms with Crippen LogP contribution in [-0.2, 0) is 0 Å². The lowest BCUT2D eigenvalue weighted by atomic mass is 9.77. The summed E-state index contributed by atoms with van der Waals surface area (Å²) in [4.78, 5) is 0. The lowest BCUT2D eigenvalue weighted by Crippen LogP contribution is -2.18. The Morgan fingerprint density at radius 1 is 0.789 bits per heavy atom. The normalized spacial score (nSPS) is 37.1. The van der Waals surface area contributed by atoms with E-state index in [0.29, 0.717) is 0 Å². The minimum atomic E-state index is 0.881. The van der Waals surface area contributed by atoms with Gasteiger partial charge in [-0.3, -0.25) is 0 Å². The van der Waals surface area contributed by atoms with E-state index >= 15 is 0 Å². The van der Waals surface area contributed by atoms with Crippen molar-refractivity contribution in [1.29, 1.82) is 0 Å². The standard InChI is InChI=1S/C19H24/c1-2-6-10-16-15(9-5-1)17-11-7-3-4-8-14-12-13-18(16)19(14)17/h3-4,7-8,11,15-16,18H,1-2,5-6,9-10,12-13H2. The molecule has 0 aromatic carbocycles. The molecule has 19 heavy (non-hydrogen) atoms. The van der Waals surface area contributed by atoms with E-state index in [9.17, 15) is 0 Å². The first-order valence-electron chi connectivity index (χ1n) is 8.23. The molecule has 2 saturated carbocycles. The van der Waals surface area contributed by atoms with Crippen molar-refractivity contribution >= 4 is 0 Å². The third kappa shape index (κ3) is 1.88. The van der Waals surface area contributed by atoms with Crippen LogP contribution in [0.15, 0.2) is 47.1 Å². The largest absolute Gasteiger partial charge is 0.0622 e. The van der Waals surface area contributed by atoms with Crippen molar-refractivity contribution in [3.05, 3.63) is 47.1 Å². The molecule has 0 radical (unpaired) electrons. The predicted molar refractivity (Wildman–Crippen MR) is 80.8 cm³/mol. The lowest BCUT2D eigenvalue weighted by Gasteiger charge is -2.28. The molecule has 3 unspecified atom stereocenters. The lowest BCUT2D eigenvalue weighted by molar-refractivity contribution is 0.260. The van der Waals surface area contributed by atoms with E-state index in [4.69, 9.17) is 0 Å². The molecular weight excluding hydrogens is 228 g/mol. The number of allylic oxidation sites excluding steroid dienone is 8. The monoisotopic (exact) mass is 252 g/mol. The Labute approximate surface area is 117 Å². The third-order valence-electron chi connectivity index (χ3n) is 5.78. The van der Waals surface area contributed by atoms with Gasteiger partial charge in [-0.15, -0.1) is 0 Å². The summed E-state index contributed by atoms with van der Waals surface area (Å²) in [7, 11) is 0. The van der Waals surface area contributed by atoms with Gasteiger partial charge >= 0.3 is 0 Å². The highest BCUT2D eigenvalue weighted by atomic mass is 14.5. The Morgan fingerprint density at radius 2 is 1.68 bits per heavy atom. The van der Waals surface area contributed by atoms with Gasteiger partial charge < -0.3 is 0 Å². The van der Waals surface area contributed by atoms with Crippen molar-refractivity contribution in [1.82, 2.24) is 0 Å². The maximum atomic E-state index is 2.45. The van der Waals surface area contributed by atoms with E-state index in [1.807, 2.05) is 0 Å². The van der Waals surface area contributed by atoms with Gasteiger partial charge in [-0.1, -0.05) is 56.1 Å². The third-order valence-corrected chi connectivity index (χ3v) is 5.78. The van der Waals surface area contributed by atoms with Gasteiger partial charge in [-0.05, 0) is 60.2 Å². The zero-order valence-electron chi connectivity index (χ0n) is 11.8. The van der Waals surface area contributed by atoms with Crippen LogP contribution in [0.3, 0.4) is 0 Å². The molecule has 100 valence electrons. The highest BCUT2D eigenvalue weighted by Crippen LogP contribution is 2.56. The van der Waals surface area contributed by atoms with E-state index in [-0.39, 0.29) is 0 Å². The average molecular weight is 252 g/mol. The van der Waals surface area contributed by atoms with Crippen molar-refractivity contribution in [2.45, 2.75) is 51.4 Å². The van der Waals surface area contributed by atoms with Crippen LogP contribution < -0.4 is 0 Å². The SMILES string of the molecule is C1=CC=C2CCC3C2=C(C=C1)C1CCCCCCC13. The van der Waals surface area contributed by atoms with Crippen LogP contribution in [0.1, 0.15) is 51.4 Å². The second kappa shape index (κ2) is 4.81. The maximum absolute atomic E-state index is 2.45. The molecule has 0 bridgehead atoms. The maximum Gasteiger partial charge on any atom is -0.0119 e. The smallest absolute Gasteiger partial charge is 0.0119 e. The highest BCUT2D eigenvalue weighted by Gasteiger charge is 2.44. The van der Waals surface area contributed by atoms with Crippen LogP contribution in [0.4, 0.5) is 0 Å². The summed E-state index contributed by atoms with van der Waals surface area (Å²) < 4.78 is 0. The van der Waals surface area contributed by atoms with Gasteiger partial charge in [0.15, 0.2) is 0 Å². The Bertz CT molecular complexity index is 486. The van der Waals surface area contributed by atoms with Crippen LogP contribution in [0.2, 0.25) is 0 Å². The molecule has 4 aliphatic rings. The van der Waals surface area contributed by atoms with Crippen LogP contribution in [0.5, 0.6) is 0 Å². The molecule has 0 heteroatoms. The van der Waals surface area contributed by atoms with Gasteiger partial charge in [0.25, 0.3) is 0 Å². The van der Waals surface area contributed by atoms with Crippen LogP contribution >= 0.6 is 0 Å². The summed E-state index contributed by atoms with van der Waals surface area (Å²) in [5.41, 5.74) is 5.16. The van der Waals surface area contributed by atoms with E-state index in [1.165, 1.54) is 51.4 Å². The zero-order chi connectivity index (χ0) is 12.7. The molecule has 0 amide bonds. The number of hydrogen-bond donors (Lipinski definition) is 0. The molecule has 0 aromatic heterocycles. The Hall–Kier alpha value is -1.04. The number of hydrogen-bond acceptors (Lipinski definition) is 0. The average Bonchev–Trinajstić information content (AvgIpc) is 2.84. The highest BCUT2D eigenvalue weighted by molar-refractivity contribution is 5.52. The first-order chi connectivity index (χ1) is 9.45. The van der Waals surface area contributed by atoms with Crippen molar-refractivity contribution < 1.29 is 0 Å². The molecule has 2 fully saturated rings. The van der Waals surface area contributed by atoms with Crippen molar-refractivity contribution in [2.24, 2.45) is 17.8 Å².